The van der Waals surface area contributed by atoms with Crippen LogP contribution in [-0.4, -0.2) is 20.5 Å². The first-order valence-corrected chi connectivity index (χ1v) is 8.16. The Morgan fingerprint density at radius 3 is 2.32 bits per heavy atom. The van der Waals surface area contributed by atoms with E-state index in [1.165, 1.54) is 31.4 Å². The van der Waals surface area contributed by atoms with Gasteiger partial charge < -0.3 is 11.1 Å². The normalized spacial score (nSPS) is 24.7. The fourth-order valence-electron chi connectivity index (χ4n) is 2.47. The molecule has 2 unspecified atom stereocenters. The maximum absolute atomic E-state index is 11.2. The molecule has 0 saturated heterocycles. The predicted octanol–water partition coefficient (Wildman–Crippen LogP) is 1.41. The molecular weight excluding hydrogens is 262 g/mol. The highest BCUT2D eigenvalue weighted by Crippen LogP contribution is 2.21. The standard InChI is InChI=1S/C13H21N3O2S/c14-12-4-2-1-3-5-13(12)16-10-6-8-11(9-7-10)19(15,17)18/h6-9,12-13,16H,1-5,14H2,(H2,15,17,18). The van der Waals surface area contributed by atoms with Gasteiger partial charge in [-0.2, -0.15) is 0 Å². The van der Waals surface area contributed by atoms with Crippen LogP contribution in [-0.2, 0) is 10.0 Å². The summed E-state index contributed by atoms with van der Waals surface area (Å²) in [5.74, 6) is 0. The lowest BCUT2D eigenvalue weighted by atomic mass is 10.0. The number of primary sulfonamides is 1. The molecule has 2 rings (SSSR count). The SMILES string of the molecule is NC1CCCCCC1Nc1ccc(S(N)(=O)=O)cc1. The number of nitrogens with one attached hydrogen (secondary N) is 1. The van der Waals surface area contributed by atoms with Crippen LogP contribution in [0.1, 0.15) is 32.1 Å². The van der Waals surface area contributed by atoms with E-state index in [0.29, 0.717) is 0 Å². The number of anilines is 1. The van der Waals surface area contributed by atoms with E-state index in [0.717, 1.165) is 18.5 Å². The van der Waals surface area contributed by atoms with Crippen molar-refractivity contribution < 1.29 is 8.42 Å². The number of hydrogen-bond acceptors (Lipinski definition) is 4. The number of rotatable bonds is 3. The molecular formula is C13H21N3O2S. The molecule has 1 aliphatic carbocycles. The molecule has 6 heteroatoms. The van der Waals surface area contributed by atoms with Gasteiger partial charge >= 0.3 is 0 Å². The lowest BCUT2D eigenvalue weighted by Gasteiger charge is -2.23. The molecule has 0 aromatic heterocycles. The molecule has 1 aliphatic rings. The van der Waals surface area contributed by atoms with Gasteiger partial charge in [0.15, 0.2) is 0 Å². The highest BCUT2D eigenvalue weighted by molar-refractivity contribution is 7.89. The summed E-state index contributed by atoms with van der Waals surface area (Å²) >= 11 is 0. The summed E-state index contributed by atoms with van der Waals surface area (Å²) in [7, 11) is -3.62. The van der Waals surface area contributed by atoms with Crippen molar-refractivity contribution in [2.45, 2.75) is 49.1 Å². The van der Waals surface area contributed by atoms with Gasteiger partial charge in [-0.15, -0.1) is 0 Å². The Morgan fingerprint density at radius 2 is 1.68 bits per heavy atom. The van der Waals surface area contributed by atoms with Gasteiger partial charge in [0.1, 0.15) is 0 Å². The van der Waals surface area contributed by atoms with Crippen LogP contribution in [0.2, 0.25) is 0 Å². The summed E-state index contributed by atoms with van der Waals surface area (Å²) in [5.41, 5.74) is 7.03. The average molecular weight is 283 g/mol. The van der Waals surface area contributed by atoms with Gasteiger partial charge in [0.05, 0.1) is 4.90 Å². The Kier molecular flexibility index (Phi) is 4.44. The number of hydrogen-bond donors (Lipinski definition) is 3. The van der Waals surface area contributed by atoms with Crippen molar-refractivity contribution in [3.63, 3.8) is 0 Å². The maximum Gasteiger partial charge on any atom is 0.238 e. The summed E-state index contributed by atoms with van der Waals surface area (Å²) in [6.07, 6.45) is 5.69. The zero-order valence-electron chi connectivity index (χ0n) is 10.9. The third-order valence-electron chi connectivity index (χ3n) is 3.60. The van der Waals surface area contributed by atoms with Crippen LogP contribution in [0.25, 0.3) is 0 Å². The summed E-state index contributed by atoms with van der Waals surface area (Å²) in [4.78, 5) is 0.128. The second kappa shape index (κ2) is 5.90. The topological polar surface area (TPSA) is 98.2 Å². The monoisotopic (exact) mass is 283 g/mol. The molecule has 1 aromatic carbocycles. The molecule has 0 amide bonds. The van der Waals surface area contributed by atoms with Gasteiger partial charge in [0.25, 0.3) is 0 Å². The van der Waals surface area contributed by atoms with Crippen molar-refractivity contribution >= 4 is 15.7 Å². The average Bonchev–Trinajstić information content (AvgIpc) is 2.55. The van der Waals surface area contributed by atoms with Crippen molar-refractivity contribution in [3.05, 3.63) is 24.3 Å². The minimum absolute atomic E-state index is 0.128. The van der Waals surface area contributed by atoms with E-state index in [1.807, 2.05) is 0 Å². The summed E-state index contributed by atoms with van der Waals surface area (Å²) < 4.78 is 22.3. The molecule has 106 valence electrons. The first-order valence-electron chi connectivity index (χ1n) is 6.62. The van der Waals surface area contributed by atoms with Crippen molar-refractivity contribution in [1.82, 2.24) is 0 Å². The van der Waals surface area contributed by atoms with Crippen LogP contribution in [0, 0.1) is 0 Å². The molecule has 1 saturated carbocycles. The molecule has 1 aromatic rings. The first kappa shape index (κ1) is 14.3. The van der Waals surface area contributed by atoms with Gasteiger partial charge in [-0.3, -0.25) is 0 Å². The molecule has 5 nitrogen and oxygen atoms in total. The van der Waals surface area contributed by atoms with Crippen LogP contribution in [0.15, 0.2) is 29.2 Å². The number of sulfonamides is 1. The quantitative estimate of drug-likeness (QED) is 0.730. The Labute approximate surface area is 114 Å². The van der Waals surface area contributed by atoms with Crippen molar-refractivity contribution in [2.24, 2.45) is 10.9 Å². The highest BCUT2D eigenvalue weighted by Gasteiger charge is 2.20. The van der Waals surface area contributed by atoms with Crippen molar-refractivity contribution in [3.8, 4) is 0 Å². The van der Waals surface area contributed by atoms with E-state index in [9.17, 15) is 8.42 Å². The Bertz CT molecular complexity index is 513. The van der Waals surface area contributed by atoms with Gasteiger partial charge in [-0.25, -0.2) is 13.6 Å². The molecule has 2 atom stereocenters. The van der Waals surface area contributed by atoms with Gasteiger partial charge in [-0.1, -0.05) is 19.3 Å². The Morgan fingerprint density at radius 1 is 1.05 bits per heavy atom. The predicted molar refractivity (Wildman–Crippen MR) is 76.3 cm³/mol. The van der Waals surface area contributed by atoms with E-state index >= 15 is 0 Å². The number of benzene rings is 1. The van der Waals surface area contributed by atoms with Crippen LogP contribution in [0.3, 0.4) is 0 Å². The molecule has 0 heterocycles. The summed E-state index contributed by atoms with van der Waals surface area (Å²) in [6, 6.07) is 6.90. The fourth-order valence-corrected chi connectivity index (χ4v) is 2.99. The molecule has 0 radical (unpaired) electrons. The molecule has 5 N–H and O–H groups in total. The van der Waals surface area contributed by atoms with Gasteiger partial charge in [0, 0.05) is 17.8 Å². The summed E-state index contributed by atoms with van der Waals surface area (Å²) in [6.45, 7) is 0. The lowest BCUT2D eigenvalue weighted by Crippen LogP contribution is -2.39. The third-order valence-corrected chi connectivity index (χ3v) is 4.53. The molecule has 0 spiro atoms. The smallest absolute Gasteiger partial charge is 0.238 e. The molecule has 0 aliphatic heterocycles. The van der Waals surface area contributed by atoms with Crippen LogP contribution < -0.4 is 16.2 Å². The number of nitrogens with two attached hydrogens (primary N) is 2. The Balaban J connectivity index is 2.06. The van der Waals surface area contributed by atoms with E-state index < -0.39 is 10.0 Å². The van der Waals surface area contributed by atoms with Crippen LogP contribution in [0.5, 0.6) is 0 Å². The van der Waals surface area contributed by atoms with E-state index in [-0.39, 0.29) is 17.0 Å². The maximum atomic E-state index is 11.2. The largest absolute Gasteiger partial charge is 0.381 e. The minimum Gasteiger partial charge on any atom is -0.381 e. The zero-order valence-corrected chi connectivity index (χ0v) is 11.7. The summed E-state index contributed by atoms with van der Waals surface area (Å²) in [5, 5.41) is 8.45. The van der Waals surface area contributed by atoms with Crippen LogP contribution in [0.4, 0.5) is 5.69 Å². The van der Waals surface area contributed by atoms with Crippen molar-refractivity contribution in [2.75, 3.05) is 5.32 Å². The van der Waals surface area contributed by atoms with E-state index in [4.69, 9.17) is 10.9 Å². The Hall–Kier alpha value is -1.11. The highest BCUT2D eigenvalue weighted by atomic mass is 32.2. The minimum atomic E-state index is -3.62. The lowest BCUT2D eigenvalue weighted by molar-refractivity contribution is 0.528. The second-order valence-corrected chi connectivity index (χ2v) is 6.68. The van der Waals surface area contributed by atoms with Gasteiger partial charge in [-0.05, 0) is 37.1 Å². The van der Waals surface area contributed by atoms with Crippen LogP contribution >= 0.6 is 0 Å². The second-order valence-electron chi connectivity index (χ2n) is 5.12. The third kappa shape index (κ3) is 3.92. The van der Waals surface area contributed by atoms with E-state index in [2.05, 4.69) is 5.32 Å². The zero-order chi connectivity index (χ0) is 13.9. The fraction of sp³-hybridized carbons (Fsp3) is 0.538. The molecule has 1 fully saturated rings. The molecule has 19 heavy (non-hydrogen) atoms. The van der Waals surface area contributed by atoms with Gasteiger partial charge in [0.2, 0.25) is 10.0 Å². The first-order chi connectivity index (χ1) is 8.97. The molecule has 0 bridgehead atoms. The van der Waals surface area contributed by atoms with E-state index in [1.54, 1.807) is 12.1 Å². The van der Waals surface area contributed by atoms with Crippen molar-refractivity contribution in [1.29, 1.82) is 0 Å².